The highest BCUT2D eigenvalue weighted by Crippen LogP contribution is 2.27. The average Bonchev–Trinajstić information content (AvgIpc) is 3.20. The molecule has 0 saturated heterocycles. The van der Waals surface area contributed by atoms with E-state index in [9.17, 15) is 9.59 Å². The van der Waals surface area contributed by atoms with Gasteiger partial charge in [-0.3, -0.25) is 9.59 Å². The molecule has 3 rings (SSSR count). The van der Waals surface area contributed by atoms with E-state index in [1.807, 2.05) is 35.7 Å². The van der Waals surface area contributed by atoms with Crippen LogP contribution in [0.3, 0.4) is 0 Å². The van der Waals surface area contributed by atoms with Gasteiger partial charge in [0.2, 0.25) is 5.91 Å². The third-order valence-corrected chi connectivity index (χ3v) is 6.23. The lowest BCUT2D eigenvalue weighted by molar-refractivity contribution is -0.113. The van der Waals surface area contributed by atoms with Crippen LogP contribution in [0.5, 0.6) is 0 Å². The Morgan fingerprint density at radius 3 is 2.50 bits per heavy atom. The maximum atomic E-state index is 12.1. The minimum absolute atomic E-state index is 0.136. The van der Waals surface area contributed by atoms with Gasteiger partial charge in [0.25, 0.3) is 5.91 Å². The zero-order chi connectivity index (χ0) is 19.9. The second kappa shape index (κ2) is 9.98. The van der Waals surface area contributed by atoms with Crippen LogP contribution in [0, 0.1) is 0 Å². The van der Waals surface area contributed by atoms with E-state index in [-0.39, 0.29) is 11.8 Å². The SMILES string of the molecule is O=C(CSCc1ccccc1Cl)Nc1ccc(NC(=O)c2cccs2)c(Cl)c1. The molecule has 0 atom stereocenters. The second-order valence-corrected chi connectivity index (χ2v) is 8.51. The molecular formula is C20H16Cl2N2O2S2. The fraction of sp³-hybridized carbons (Fsp3) is 0.100. The smallest absolute Gasteiger partial charge is 0.265 e. The molecule has 0 unspecified atom stereocenters. The van der Waals surface area contributed by atoms with Crippen molar-refractivity contribution in [1.82, 2.24) is 0 Å². The lowest BCUT2D eigenvalue weighted by Crippen LogP contribution is -2.14. The van der Waals surface area contributed by atoms with Crippen molar-refractivity contribution < 1.29 is 9.59 Å². The van der Waals surface area contributed by atoms with Crippen LogP contribution in [0.25, 0.3) is 0 Å². The molecule has 2 aromatic carbocycles. The highest BCUT2D eigenvalue weighted by molar-refractivity contribution is 7.99. The molecule has 2 N–H and O–H groups in total. The molecule has 0 spiro atoms. The van der Waals surface area contributed by atoms with E-state index >= 15 is 0 Å². The summed E-state index contributed by atoms with van der Waals surface area (Å²) in [5.74, 6) is 0.592. The predicted molar refractivity (Wildman–Crippen MR) is 120 cm³/mol. The van der Waals surface area contributed by atoms with Gasteiger partial charge in [0.1, 0.15) is 0 Å². The van der Waals surface area contributed by atoms with Gasteiger partial charge in [-0.25, -0.2) is 0 Å². The quantitative estimate of drug-likeness (QED) is 0.451. The lowest BCUT2D eigenvalue weighted by Gasteiger charge is -2.10. The van der Waals surface area contributed by atoms with Crippen LogP contribution < -0.4 is 10.6 Å². The van der Waals surface area contributed by atoms with E-state index in [4.69, 9.17) is 23.2 Å². The van der Waals surface area contributed by atoms with E-state index in [0.717, 1.165) is 5.56 Å². The van der Waals surface area contributed by atoms with Crippen LogP contribution in [-0.2, 0) is 10.5 Å². The molecule has 2 amide bonds. The van der Waals surface area contributed by atoms with Crippen LogP contribution in [0.1, 0.15) is 15.2 Å². The highest BCUT2D eigenvalue weighted by Gasteiger charge is 2.11. The minimum atomic E-state index is -0.218. The van der Waals surface area contributed by atoms with E-state index in [1.54, 1.807) is 24.3 Å². The van der Waals surface area contributed by atoms with Gasteiger partial charge < -0.3 is 10.6 Å². The zero-order valence-electron chi connectivity index (χ0n) is 14.6. The molecule has 0 fully saturated rings. The molecule has 28 heavy (non-hydrogen) atoms. The standard InChI is InChI=1S/C20H16Cl2N2O2S2/c21-15-5-2-1-4-13(15)11-27-12-19(25)23-14-7-8-17(16(22)10-14)24-20(26)18-6-3-9-28-18/h1-10H,11-12H2,(H,23,25)(H,24,26). The summed E-state index contributed by atoms with van der Waals surface area (Å²) in [6.45, 7) is 0. The number of rotatable bonds is 7. The topological polar surface area (TPSA) is 58.2 Å². The Labute approximate surface area is 181 Å². The van der Waals surface area contributed by atoms with Crippen molar-refractivity contribution in [3.05, 3.63) is 80.5 Å². The van der Waals surface area contributed by atoms with Crippen molar-refractivity contribution >= 4 is 69.5 Å². The van der Waals surface area contributed by atoms with Crippen molar-refractivity contribution in [3.8, 4) is 0 Å². The third kappa shape index (κ3) is 5.75. The maximum Gasteiger partial charge on any atom is 0.265 e. The Balaban J connectivity index is 1.51. The summed E-state index contributed by atoms with van der Waals surface area (Å²) >= 11 is 15.2. The summed E-state index contributed by atoms with van der Waals surface area (Å²) in [6, 6.07) is 16.1. The summed E-state index contributed by atoms with van der Waals surface area (Å²) < 4.78 is 0. The maximum absolute atomic E-state index is 12.1. The first-order valence-corrected chi connectivity index (χ1v) is 11.1. The van der Waals surface area contributed by atoms with Crippen LogP contribution in [0.4, 0.5) is 11.4 Å². The molecule has 144 valence electrons. The van der Waals surface area contributed by atoms with Gasteiger partial charge in [0, 0.05) is 16.5 Å². The molecule has 3 aromatic rings. The Morgan fingerprint density at radius 1 is 0.964 bits per heavy atom. The summed E-state index contributed by atoms with van der Waals surface area (Å²) in [5, 5.41) is 8.45. The zero-order valence-corrected chi connectivity index (χ0v) is 17.7. The third-order valence-electron chi connectivity index (χ3n) is 3.69. The highest BCUT2D eigenvalue weighted by atomic mass is 35.5. The number of carbonyl (C=O) groups is 2. The molecule has 0 aliphatic rings. The summed E-state index contributed by atoms with van der Waals surface area (Å²) in [4.78, 5) is 24.8. The molecule has 4 nitrogen and oxygen atoms in total. The van der Waals surface area contributed by atoms with E-state index in [2.05, 4.69) is 10.6 Å². The van der Waals surface area contributed by atoms with Gasteiger partial charge in [0.15, 0.2) is 0 Å². The van der Waals surface area contributed by atoms with E-state index < -0.39 is 0 Å². The van der Waals surface area contributed by atoms with E-state index in [0.29, 0.717) is 37.8 Å². The molecule has 1 aromatic heterocycles. The monoisotopic (exact) mass is 450 g/mol. The molecule has 1 heterocycles. The minimum Gasteiger partial charge on any atom is -0.325 e. The fourth-order valence-corrected chi connectivity index (χ4v) is 4.31. The number of hydrogen-bond donors (Lipinski definition) is 2. The number of hydrogen-bond acceptors (Lipinski definition) is 4. The van der Waals surface area contributed by atoms with Crippen LogP contribution in [-0.4, -0.2) is 17.6 Å². The van der Waals surface area contributed by atoms with Crippen molar-refractivity contribution in [3.63, 3.8) is 0 Å². The second-order valence-electron chi connectivity index (χ2n) is 5.76. The van der Waals surface area contributed by atoms with Gasteiger partial charge in [-0.2, -0.15) is 0 Å². The van der Waals surface area contributed by atoms with Gasteiger partial charge in [0.05, 0.1) is 21.3 Å². The fourth-order valence-electron chi connectivity index (χ4n) is 2.35. The van der Waals surface area contributed by atoms with Crippen LogP contribution >= 0.6 is 46.3 Å². The number of anilines is 2. The normalized spacial score (nSPS) is 10.5. The Bertz CT molecular complexity index is 978. The first-order chi connectivity index (χ1) is 13.5. The van der Waals surface area contributed by atoms with Crippen LogP contribution in [0.2, 0.25) is 10.0 Å². The molecule has 0 aliphatic carbocycles. The predicted octanol–water partition coefficient (Wildman–Crippen LogP) is 6.18. The number of thioether (sulfide) groups is 1. The summed E-state index contributed by atoms with van der Waals surface area (Å²) in [5.41, 5.74) is 2.06. The Hall–Kier alpha value is -1.99. The molecular weight excluding hydrogens is 435 g/mol. The number of nitrogens with one attached hydrogen (secondary N) is 2. The number of amides is 2. The van der Waals surface area contributed by atoms with E-state index in [1.165, 1.54) is 23.1 Å². The average molecular weight is 451 g/mol. The molecule has 0 radical (unpaired) electrons. The molecule has 0 aliphatic heterocycles. The van der Waals surface area contributed by atoms with Crippen molar-refractivity contribution in [2.45, 2.75) is 5.75 Å². The first-order valence-electron chi connectivity index (χ1n) is 8.28. The van der Waals surface area contributed by atoms with Gasteiger partial charge >= 0.3 is 0 Å². The summed E-state index contributed by atoms with van der Waals surface area (Å²) in [7, 11) is 0. The Morgan fingerprint density at radius 2 is 1.79 bits per heavy atom. The van der Waals surface area contributed by atoms with Crippen molar-refractivity contribution in [2.24, 2.45) is 0 Å². The molecule has 0 bridgehead atoms. The number of halogens is 2. The van der Waals surface area contributed by atoms with Crippen molar-refractivity contribution in [2.75, 3.05) is 16.4 Å². The van der Waals surface area contributed by atoms with Gasteiger partial charge in [-0.15, -0.1) is 23.1 Å². The summed E-state index contributed by atoms with van der Waals surface area (Å²) in [6.07, 6.45) is 0. The van der Waals surface area contributed by atoms with Crippen molar-refractivity contribution in [1.29, 1.82) is 0 Å². The Kier molecular flexibility index (Phi) is 7.39. The first kappa shape index (κ1) is 20.7. The molecule has 8 heteroatoms. The van der Waals surface area contributed by atoms with Gasteiger partial charge in [-0.05, 0) is 41.3 Å². The number of thiophene rings is 1. The number of benzene rings is 2. The largest absolute Gasteiger partial charge is 0.325 e. The number of carbonyl (C=O) groups excluding carboxylic acids is 2. The molecule has 0 saturated carbocycles. The van der Waals surface area contributed by atoms with Crippen LogP contribution in [0.15, 0.2) is 60.0 Å². The lowest BCUT2D eigenvalue weighted by atomic mass is 10.2. The van der Waals surface area contributed by atoms with Gasteiger partial charge in [-0.1, -0.05) is 47.5 Å².